The third-order valence-corrected chi connectivity index (χ3v) is 6.39. The normalized spacial score (nSPS) is 10.5. The van der Waals surface area contributed by atoms with Crippen LogP contribution in [-0.4, -0.2) is 0 Å². The average Bonchev–Trinajstić information content (AvgIpc) is 2.30. The number of hydrogen-bond donors (Lipinski definition) is 0. The topological polar surface area (TPSA) is 9.23 Å². The first-order valence-corrected chi connectivity index (χ1v) is 8.71. The SMILES string of the molecule is Brc1cc(Br)c(Br)c(Oc2ccc(Br)c(Br)c2)c1. The van der Waals surface area contributed by atoms with Crippen LogP contribution in [-0.2, 0) is 0 Å². The number of benzene rings is 2. The molecule has 0 radical (unpaired) electrons. The molecule has 0 aromatic heterocycles. The Morgan fingerprint density at radius 2 is 1.44 bits per heavy atom. The Kier molecular flexibility index (Phi) is 5.34. The summed E-state index contributed by atoms with van der Waals surface area (Å²) in [6.07, 6.45) is 0. The minimum atomic E-state index is 0.741. The lowest BCUT2D eigenvalue weighted by atomic mass is 10.3. The third-order valence-electron chi connectivity index (χ3n) is 2.08. The van der Waals surface area contributed by atoms with Crippen molar-refractivity contribution in [1.29, 1.82) is 0 Å². The summed E-state index contributed by atoms with van der Waals surface area (Å²) in [6.45, 7) is 0. The van der Waals surface area contributed by atoms with Gasteiger partial charge in [0.05, 0.1) is 4.47 Å². The van der Waals surface area contributed by atoms with Crippen molar-refractivity contribution in [3.8, 4) is 11.5 Å². The van der Waals surface area contributed by atoms with E-state index < -0.39 is 0 Å². The predicted molar refractivity (Wildman–Crippen MR) is 91.5 cm³/mol. The highest BCUT2D eigenvalue weighted by atomic mass is 79.9. The monoisotopic (exact) mass is 560 g/mol. The van der Waals surface area contributed by atoms with Crippen molar-refractivity contribution in [3.63, 3.8) is 0 Å². The zero-order chi connectivity index (χ0) is 13.3. The first-order chi connectivity index (χ1) is 8.47. The van der Waals surface area contributed by atoms with Gasteiger partial charge in [0.1, 0.15) is 11.5 Å². The molecule has 0 N–H and O–H groups in total. The van der Waals surface area contributed by atoms with Crippen molar-refractivity contribution in [3.05, 3.63) is 52.7 Å². The molecule has 94 valence electrons. The molecule has 6 heteroatoms. The van der Waals surface area contributed by atoms with Gasteiger partial charge in [-0.25, -0.2) is 0 Å². The second-order valence-corrected chi connectivity index (χ2v) is 7.65. The van der Waals surface area contributed by atoms with E-state index in [0.29, 0.717) is 0 Å². The summed E-state index contributed by atoms with van der Waals surface area (Å²) in [5, 5.41) is 0. The highest BCUT2D eigenvalue weighted by molar-refractivity contribution is 9.13. The number of ether oxygens (including phenoxy) is 1. The van der Waals surface area contributed by atoms with Crippen LogP contribution in [0.5, 0.6) is 11.5 Å². The number of halogens is 5. The summed E-state index contributed by atoms with van der Waals surface area (Å²) in [7, 11) is 0. The van der Waals surface area contributed by atoms with Gasteiger partial charge in [0.15, 0.2) is 0 Å². The van der Waals surface area contributed by atoms with E-state index in [4.69, 9.17) is 4.74 Å². The van der Waals surface area contributed by atoms with Crippen molar-refractivity contribution >= 4 is 79.6 Å². The van der Waals surface area contributed by atoms with Gasteiger partial charge in [-0.15, -0.1) is 0 Å². The highest BCUT2D eigenvalue weighted by Gasteiger charge is 2.09. The molecule has 0 spiro atoms. The Morgan fingerprint density at radius 1 is 0.722 bits per heavy atom. The molecule has 0 amide bonds. The Hall–Kier alpha value is 0.640. The zero-order valence-electron chi connectivity index (χ0n) is 8.68. The summed E-state index contributed by atoms with van der Waals surface area (Å²) < 4.78 is 10.5. The minimum absolute atomic E-state index is 0.741. The van der Waals surface area contributed by atoms with Crippen LogP contribution in [0.25, 0.3) is 0 Å². The maximum atomic E-state index is 5.85. The van der Waals surface area contributed by atoms with Crippen molar-refractivity contribution in [1.82, 2.24) is 0 Å². The predicted octanol–water partition coefficient (Wildman–Crippen LogP) is 7.29. The fraction of sp³-hybridized carbons (Fsp3) is 0. The molecule has 2 aromatic carbocycles. The lowest BCUT2D eigenvalue weighted by molar-refractivity contribution is 0.478. The standard InChI is InChI=1S/C12H5Br5O/c13-6-3-10(16)12(17)11(4-6)18-7-1-2-8(14)9(15)5-7/h1-5H. The van der Waals surface area contributed by atoms with Crippen molar-refractivity contribution < 1.29 is 4.74 Å². The van der Waals surface area contributed by atoms with E-state index >= 15 is 0 Å². The van der Waals surface area contributed by atoms with E-state index in [1.165, 1.54) is 0 Å². The Bertz CT molecular complexity index is 597. The molecule has 1 nitrogen and oxygen atoms in total. The third kappa shape index (κ3) is 3.60. The highest BCUT2D eigenvalue weighted by Crippen LogP contribution is 2.39. The largest absolute Gasteiger partial charge is 0.456 e. The molecular weight excluding hydrogens is 560 g/mol. The van der Waals surface area contributed by atoms with Gasteiger partial charge in [0.25, 0.3) is 0 Å². The summed E-state index contributed by atoms with van der Waals surface area (Å²) in [4.78, 5) is 0. The van der Waals surface area contributed by atoms with E-state index in [0.717, 1.165) is 33.9 Å². The van der Waals surface area contributed by atoms with E-state index in [1.807, 2.05) is 30.3 Å². The molecule has 0 aliphatic rings. The molecule has 0 bridgehead atoms. The van der Waals surface area contributed by atoms with Crippen LogP contribution in [0.2, 0.25) is 0 Å². The first kappa shape index (κ1) is 15.0. The second kappa shape index (κ2) is 6.39. The smallest absolute Gasteiger partial charge is 0.143 e. The number of rotatable bonds is 2. The van der Waals surface area contributed by atoms with Crippen LogP contribution in [0.1, 0.15) is 0 Å². The fourth-order valence-corrected chi connectivity index (χ4v) is 3.37. The molecule has 0 aliphatic heterocycles. The number of hydrogen-bond acceptors (Lipinski definition) is 1. The summed E-state index contributed by atoms with van der Waals surface area (Å²) in [5.74, 6) is 1.50. The molecule has 2 rings (SSSR count). The molecule has 2 aromatic rings. The molecular formula is C12H5Br5O. The van der Waals surface area contributed by atoms with Gasteiger partial charge in [-0.1, -0.05) is 15.9 Å². The van der Waals surface area contributed by atoms with Crippen molar-refractivity contribution in [2.45, 2.75) is 0 Å². The Balaban J connectivity index is 2.36. The maximum Gasteiger partial charge on any atom is 0.143 e. The van der Waals surface area contributed by atoms with Gasteiger partial charge >= 0.3 is 0 Å². The quantitative estimate of drug-likeness (QED) is 0.348. The summed E-state index contributed by atoms with van der Waals surface area (Å²) in [6, 6.07) is 9.60. The molecule has 0 unspecified atom stereocenters. The molecule has 0 heterocycles. The minimum Gasteiger partial charge on any atom is -0.456 e. The zero-order valence-corrected chi connectivity index (χ0v) is 16.6. The van der Waals surface area contributed by atoms with Crippen LogP contribution >= 0.6 is 79.6 Å². The van der Waals surface area contributed by atoms with E-state index in [-0.39, 0.29) is 0 Å². The van der Waals surface area contributed by atoms with Gasteiger partial charge in [-0.2, -0.15) is 0 Å². The van der Waals surface area contributed by atoms with Crippen LogP contribution in [0.15, 0.2) is 52.7 Å². The summed E-state index contributed by atoms with van der Waals surface area (Å²) >= 11 is 17.3. The lowest BCUT2D eigenvalue weighted by Crippen LogP contribution is -1.87. The van der Waals surface area contributed by atoms with Gasteiger partial charge in [-0.3, -0.25) is 0 Å². The first-order valence-electron chi connectivity index (χ1n) is 4.75. The van der Waals surface area contributed by atoms with Gasteiger partial charge in [0.2, 0.25) is 0 Å². The fourth-order valence-electron chi connectivity index (χ4n) is 1.27. The van der Waals surface area contributed by atoms with Gasteiger partial charge in [0, 0.05) is 17.9 Å². The van der Waals surface area contributed by atoms with E-state index in [1.54, 1.807) is 0 Å². The van der Waals surface area contributed by atoms with Crippen LogP contribution in [0.4, 0.5) is 0 Å². The molecule has 18 heavy (non-hydrogen) atoms. The van der Waals surface area contributed by atoms with Crippen LogP contribution < -0.4 is 4.74 Å². The van der Waals surface area contributed by atoms with Crippen LogP contribution in [0.3, 0.4) is 0 Å². The Labute approximate surface area is 147 Å². The second-order valence-electron chi connectivity index (χ2n) is 3.38. The van der Waals surface area contributed by atoms with Crippen LogP contribution in [0, 0.1) is 0 Å². The average molecular weight is 565 g/mol. The van der Waals surface area contributed by atoms with Gasteiger partial charge < -0.3 is 4.74 Å². The van der Waals surface area contributed by atoms with Crippen molar-refractivity contribution in [2.24, 2.45) is 0 Å². The summed E-state index contributed by atoms with van der Waals surface area (Å²) in [5.41, 5.74) is 0. The van der Waals surface area contributed by atoms with Crippen molar-refractivity contribution in [2.75, 3.05) is 0 Å². The molecule has 0 atom stereocenters. The van der Waals surface area contributed by atoms with E-state index in [9.17, 15) is 0 Å². The van der Waals surface area contributed by atoms with E-state index in [2.05, 4.69) is 79.6 Å². The molecule has 0 aliphatic carbocycles. The molecule has 0 fully saturated rings. The maximum absolute atomic E-state index is 5.85. The van der Waals surface area contributed by atoms with Gasteiger partial charge in [-0.05, 0) is 94.1 Å². The lowest BCUT2D eigenvalue weighted by Gasteiger charge is -2.10. The Morgan fingerprint density at radius 3 is 2.11 bits per heavy atom. The molecule has 0 saturated carbocycles. The molecule has 0 saturated heterocycles.